The average molecular weight is 443 g/mol. The number of piperidine rings is 1. The zero-order valence-corrected chi connectivity index (χ0v) is 18.8. The minimum atomic E-state index is -0.293. The fourth-order valence-corrected chi connectivity index (χ4v) is 4.99. The SMILES string of the molecule is O=C(NC(=O)C1CCNCC1)c1c2c(nc3ccccc13)CCN(CCc1ccccc1)C2. The van der Waals surface area contributed by atoms with Crippen LogP contribution in [0.3, 0.4) is 0 Å². The highest BCUT2D eigenvalue weighted by atomic mass is 16.2. The number of imide groups is 1. The summed E-state index contributed by atoms with van der Waals surface area (Å²) in [6, 6.07) is 18.2. The molecule has 5 rings (SSSR count). The maximum absolute atomic E-state index is 13.5. The van der Waals surface area contributed by atoms with Crippen LogP contribution in [0.25, 0.3) is 10.9 Å². The summed E-state index contributed by atoms with van der Waals surface area (Å²) >= 11 is 0. The zero-order chi connectivity index (χ0) is 22.6. The summed E-state index contributed by atoms with van der Waals surface area (Å²) in [6.07, 6.45) is 3.30. The third-order valence-electron chi connectivity index (χ3n) is 6.86. The topological polar surface area (TPSA) is 74.3 Å². The molecule has 33 heavy (non-hydrogen) atoms. The maximum atomic E-state index is 13.5. The summed E-state index contributed by atoms with van der Waals surface area (Å²) in [5, 5.41) is 6.81. The summed E-state index contributed by atoms with van der Waals surface area (Å²) < 4.78 is 0. The molecular formula is C27H30N4O2. The van der Waals surface area contributed by atoms with Crippen LogP contribution in [-0.4, -0.2) is 47.9 Å². The standard InChI is InChI=1S/C27H30N4O2/c32-26(20-10-14-28-15-11-20)30-27(33)25-21-8-4-5-9-23(21)29-24-13-17-31(18-22(24)25)16-12-19-6-2-1-3-7-19/h1-9,20,28H,10-18H2,(H,30,32,33). The van der Waals surface area contributed by atoms with Gasteiger partial charge >= 0.3 is 0 Å². The number of rotatable bonds is 5. The number of hydrogen-bond acceptors (Lipinski definition) is 5. The molecule has 2 aromatic carbocycles. The van der Waals surface area contributed by atoms with Gasteiger partial charge < -0.3 is 5.32 Å². The van der Waals surface area contributed by atoms with E-state index in [1.807, 2.05) is 30.3 Å². The molecule has 170 valence electrons. The molecule has 3 aromatic rings. The second-order valence-electron chi connectivity index (χ2n) is 9.03. The molecule has 0 saturated carbocycles. The van der Waals surface area contributed by atoms with E-state index in [0.29, 0.717) is 12.1 Å². The van der Waals surface area contributed by atoms with Gasteiger partial charge in [-0.25, -0.2) is 0 Å². The monoisotopic (exact) mass is 442 g/mol. The molecule has 0 unspecified atom stereocenters. The number of carbonyl (C=O) groups is 2. The Morgan fingerprint density at radius 3 is 2.61 bits per heavy atom. The first-order chi connectivity index (χ1) is 16.2. The lowest BCUT2D eigenvalue weighted by molar-refractivity contribution is -0.124. The number of fused-ring (bicyclic) bond motifs is 2. The van der Waals surface area contributed by atoms with E-state index < -0.39 is 0 Å². The Morgan fingerprint density at radius 2 is 1.79 bits per heavy atom. The smallest absolute Gasteiger partial charge is 0.258 e. The highest BCUT2D eigenvalue weighted by Gasteiger charge is 2.28. The Kier molecular flexibility index (Phi) is 6.46. The van der Waals surface area contributed by atoms with E-state index in [9.17, 15) is 9.59 Å². The molecule has 0 atom stereocenters. The fraction of sp³-hybridized carbons (Fsp3) is 0.370. The van der Waals surface area contributed by atoms with Crippen LogP contribution in [0.2, 0.25) is 0 Å². The van der Waals surface area contributed by atoms with Gasteiger partial charge in [-0.15, -0.1) is 0 Å². The van der Waals surface area contributed by atoms with Crippen LogP contribution in [0.1, 0.15) is 40.0 Å². The molecule has 2 amide bonds. The minimum Gasteiger partial charge on any atom is -0.317 e. The van der Waals surface area contributed by atoms with Crippen LogP contribution in [0.4, 0.5) is 0 Å². The first kappa shape index (κ1) is 21.7. The predicted molar refractivity (Wildman–Crippen MR) is 129 cm³/mol. The summed E-state index contributed by atoms with van der Waals surface area (Å²) in [6.45, 7) is 4.14. The molecule has 1 fully saturated rings. The molecule has 6 nitrogen and oxygen atoms in total. The third-order valence-corrected chi connectivity index (χ3v) is 6.86. The van der Waals surface area contributed by atoms with Crippen molar-refractivity contribution in [1.29, 1.82) is 0 Å². The van der Waals surface area contributed by atoms with Gasteiger partial charge in [-0.3, -0.25) is 24.8 Å². The van der Waals surface area contributed by atoms with Gasteiger partial charge in [0.25, 0.3) is 5.91 Å². The largest absolute Gasteiger partial charge is 0.317 e. The molecule has 0 spiro atoms. The number of nitrogens with zero attached hydrogens (tertiary/aromatic N) is 2. The number of amides is 2. The van der Waals surface area contributed by atoms with Gasteiger partial charge in [0.15, 0.2) is 0 Å². The lowest BCUT2D eigenvalue weighted by atomic mass is 9.94. The van der Waals surface area contributed by atoms with Crippen molar-refractivity contribution in [2.75, 3.05) is 26.2 Å². The van der Waals surface area contributed by atoms with Crippen molar-refractivity contribution in [3.8, 4) is 0 Å². The third kappa shape index (κ3) is 4.82. The molecular weight excluding hydrogens is 412 g/mol. The highest BCUT2D eigenvalue weighted by molar-refractivity contribution is 6.13. The summed E-state index contributed by atoms with van der Waals surface area (Å²) in [4.78, 5) is 33.6. The molecule has 2 aliphatic rings. The Balaban J connectivity index is 1.41. The van der Waals surface area contributed by atoms with Crippen LogP contribution in [0.15, 0.2) is 54.6 Å². The van der Waals surface area contributed by atoms with Gasteiger partial charge in [0.05, 0.1) is 11.1 Å². The van der Waals surface area contributed by atoms with Crippen molar-refractivity contribution < 1.29 is 9.59 Å². The molecule has 0 aliphatic carbocycles. The Morgan fingerprint density at radius 1 is 1.03 bits per heavy atom. The van der Waals surface area contributed by atoms with Crippen LogP contribution >= 0.6 is 0 Å². The lowest BCUT2D eigenvalue weighted by Crippen LogP contribution is -2.41. The van der Waals surface area contributed by atoms with Gasteiger partial charge in [-0.2, -0.15) is 0 Å². The van der Waals surface area contributed by atoms with Crippen LogP contribution in [-0.2, 0) is 24.2 Å². The number of hydrogen-bond donors (Lipinski definition) is 2. The zero-order valence-electron chi connectivity index (χ0n) is 18.8. The Labute approximate surface area is 194 Å². The Bertz CT molecular complexity index is 1160. The van der Waals surface area contributed by atoms with E-state index >= 15 is 0 Å². The molecule has 2 aliphatic heterocycles. The average Bonchev–Trinajstić information content (AvgIpc) is 2.87. The van der Waals surface area contributed by atoms with Crippen molar-refractivity contribution >= 4 is 22.7 Å². The quantitative estimate of drug-likeness (QED) is 0.594. The van der Waals surface area contributed by atoms with E-state index in [0.717, 1.165) is 74.0 Å². The van der Waals surface area contributed by atoms with Crippen molar-refractivity contribution in [3.05, 3.63) is 77.0 Å². The maximum Gasteiger partial charge on any atom is 0.258 e. The van der Waals surface area contributed by atoms with Crippen molar-refractivity contribution in [1.82, 2.24) is 20.5 Å². The molecule has 6 heteroatoms. The fourth-order valence-electron chi connectivity index (χ4n) is 4.99. The van der Waals surface area contributed by atoms with Crippen molar-refractivity contribution in [2.24, 2.45) is 5.92 Å². The second kappa shape index (κ2) is 9.81. The molecule has 2 N–H and O–H groups in total. The van der Waals surface area contributed by atoms with Gasteiger partial charge in [-0.05, 0) is 44.0 Å². The van der Waals surface area contributed by atoms with Gasteiger partial charge in [0, 0.05) is 48.6 Å². The highest BCUT2D eigenvalue weighted by Crippen LogP contribution is 2.28. The van der Waals surface area contributed by atoms with E-state index in [4.69, 9.17) is 4.98 Å². The van der Waals surface area contributed by atoms with E-state index in [1.54, 1.807) is 0 Å². The molecule has 1 aromatic heterocycles. The molecule has 0 radical (unpaired) electrons. The number of para-hydroxylation sites is 1. The Hall–Kier alpha value is -3.09. The van der Waals surface area contributed by atoms with Crippen molar-refractivity contribution in [2.45, 2.75) is 32.2 Å². The summed E-state index contributed by atoms with van der Waals surface area (Å²) in [7, 11) is 0. The number of pyridine rings is 1. The van der Waals surface area contributed by atoms with E-state index in [1.165, 1.54) is 5.56 Å². The van der Waals surface area contributed by atoms with Gasteiger partial charge in [-0.1, -0.05) is 48.5 Å². The first-order valence-corrected chi connectivity index (χ1v) is 11.9. The van der Waals surface area contributed by atoms with E-state index in [2.05, 4.69) is 39.8 Å². The number of carbonyl (C=O) groups excluding carboxylic acids is 2. The van der Waals surface area contributed by atoms with E-state index in [-0.39, 0.29) is 17.7 Å². The van der Waals surface area contributed by atoms with Crippen LogP contribution in [0.5, 0.6) is 0 Å². The number of benzene rings is 2. The number of nitrogens with one attached hydrogen (secondary N) is 2. The second-order valence-corrected chi connectivity index (χ2v) is 9.03. The van der Waals surface area contributed by atoms with Crippen molar-refractivity contribution in [3.63, 3.8) is 0 Å². The first-order valence-electron chi connectivity index (χ1n) is 11.9. The van der Waals surface area contributed by atoms with Crippen LogP contribution < -0.4 is 10.6 Å². The summed E-state index contributed by atoms with van der Waals surface area (Å²) in [5.74, 6) is -0.562. The molecule has 1 saturated heterocycles. The van der Waals surface area contributed by atoms with Gasteiger partial charge in [0.1, 0.15) is 0 Å². The predicted octanol–water partition coefficient (Wildman–Crippen LogP) is 3.09. The number of aromatic nitrogens is 1. The normalized spacial score (nSPS) is 17.0. The molecule has 3 heterocycles. The van der Waals surface area contributed by atoms with Gasteiger partial charge in [0.2, 0.25) is 5.91 Å². The van der Waals surface area contributed by atoms with Crippen LogP contribution in [0, 0.1) is 5.92 Å². The molecule has 0 bridgehead atoms. The summed E-state index contributed by atoms with van der Waals surface area (Å²) in [5.41, 5.74) is 4.67. The lowest BCUT2D eigenvalue weighted by Gasteiger charge is -2.30. The minimum absolute atomic E-state index is 0.110.